The topological polar surface area (TPSA) is 18.1 Å². The molecule has 0 fully saturated rings. The lowest BCUT2D eigenvalue weighted by Gasteiger charge is -2.13. The summed E-state index contributed by atoms with van der Waals surface area (Å²) in [7, 11) is 0. The summed E-state index contributed by atoms with van der Waals surface area (Å²) in [5.74, 6) is 0. The Morgan fingerprint density at radius 2 is 0.804 bits per heavy atom. The van der Waals surface area contributed by atoms with Gasteiger partial charge in [0.2, 0.25) is 0 Å². The van der Waals surface area contributed by atoms with Crippen LogP contribution >= 0.6 is 0 Å². The van der Waals surface area contributed by atoms with Crippen LogP contribution in [0.3, 0.4) is 0 Å². The maximum atomic E-state index is 6.74. The first-order valence-electron chi connectivity index (χ1n) is 19.2. The van der Waals surface area contributed by atoms with Gasteiger partial charge in [-0.15, -0.1) is 0 Å². The maximum absolute atomic E-state index is 6.74. The van der Waals surface area contributed by atoms with Crippen LogP contribution in [0.15, 0.2) is 217 Å². The van der Waals surface area contributed by atoms with Gasteiger partial charge in [0.1, 0.15) is 11.2 Å². The lowest BCUT2D eigenvalue weighted by Crippen LogP contribution is -1.93. The van der Waals surface area contributed by atoms with Crippen molar-refractivity contribution >= 4 is 43.7 Å². The monoisotopic (exact) mass is 713 g/mol. The Labute approximate surface area is 325 Å². The van der Waals surface area contributed by atoms with Crippen LogP contribution in [0.2, 0.25) is 0 Å². The molecule has 0 amide bonds. The average Bonchev–Trinajstić information content (AvgIpc) is 3.82. The number of fused-ring (bicyclic) bond motifs is 6. The molecule has 0 atom stereocenters. The fraction of sp³-hybridized carbons (Fsp3) is 0. The van der Waals surface area contributed by atoms with Crippen LogP contribution < -0.4 is 0 Å². The van der Waals surface area contributed by atoms with Gasteiger partial charge in [0.25, 0.3) is 0 Å². The molecule has 2 aromatic heterocycles. The quantitative estimate of drug-likeness (QED) is 0.168. The van der Waals surface area contributed by atoms with Gasteiger partial charge in [0.05, 0.1) is 11.0 Å². The van der Waals surface area contributed by atoms with E-state index in [2.05, 4.69) is 217 Å². The average molecular weight is 714 g/mol. The van der Waals surface area contributed by atoms with Crippen molar-refractivity contribution in [2.45, 2.75) is 0 Å². The molecule has 0 aliphatic heterocycles. The van der Waals surface area contributed by atoms with Gasteiger partial charge in [-0.2, -0.15) is 0 Å². The second-order valence-corrected chi connectivity index (χ2v) is 14.5. The molecule has 56 heavy (non-hydrogen) atoms. The zero-order chi connectivity index (χ0) is 37.0. The van der Waals surface area contributed by atoms with E-state index in [1.165, 1.54) is 44.1 Å². The SMILES string of the molecule is c1ccc(-c2ccc(-c3cc(-c4ccc5c6ccccc6n(-c6ccccc6)c5c4)cc(-c4cccc5c4oc4ccc(-c6ccccc6)cc45)c3)cc2)cc1. The minimum absolute atomic E-state index is 0.888. The molecule has 11 aromatic rings. The molecule has 0 radical (unpaired) electrons. The number of para-hydroxylation sites is 3. The Morgan fingerprint density at radius 1 is 0.286 bits per heavy atom. The van der Waals surface area contributed by atoms with Crippen LogP contribution in [0.4, 0.5) is 0 Å². The predicted octanol–water partition coefficient (Wildman–Crippen LogP) is 15.0. The van der Waals surface area contributed by atoms with Gasteiger partial charge < -0.3 is 8.98 Å². The van der Waals surface area contributed by atoms with Gasteiger partial charge >= 0.3 is 0 Å². The smallest absolute Gasteiger partial charge is 0.143 e. The number of hydrogen-bond donors (Lipinski definition) is 0. The normalized spacial score (nSPS) is 11.6. The van der Waals surface area contributed by atoms with Crippen LogP contribution in [-0.2, 0) is 0 Å². The van der Waals surface area contributed by atoms with Crippen molar-refractivity contribution in [3.05, 3.63) is 212 Å². The third-order valence-electron chi connectivity index (χ3n) is 11.2. The zero-order valence-corrected chi connectivity index (χ0v) is 30.6. The highest BCUT2D eigenvalue weighted by Crippen LogP contribution is 2.42. The summed E-state index contributed by atoms with van der Waals surface area (Å²) >= 11 is 0. The lowest BCUT2D eigenvalue weighted by molar-refractivity contribution is 0.670. The zero-order valence-electron chi connectivity index (χ0n) is 30.6. The molecule has 0 bridgehead atoms. The second-order valence-electron chi connectivity index (χ2n) is 14.5. The number of benzene rings is 9. The molecule has 9 aromatic carbocycles. The Hall–Kier alpha value is -7.42. The van der Waals surface area contributed by atoms with Crippen LogP contribution in [0.25, 0.3) is 105 Å². The summed E-state index contributed by atoms with van der Waals surface area (Å²) in [4.78, 5) is 0. The van der Waals surface area contributed by atoms with Crippen molar-refractivity contribution < 1.29 is 4.42 Å². The first-order chi connectivity index (χ1) is 27.7. The standard InChI is InChI=1S/C54H35NO/c1-4-13-36(14-5-1)38-23-25-39(26-24-38)42-31-43(41-27-29-48-47-19-10-11-22-51(47)55(52(48)35-41)45-17-8-3-9-18-45)33-44(32-42)46-20-12-21-49-50-34-40(37-15-6-2-7-16-37)28-30-53(50)56-54(46)49/h1-35H. The molecule has 2 nitrogen and oxygen atoms in total. The van der Waals surface area contributed by atoms with E-state index in [9.17, 15) is 0 Å². The Morgan fingerprint density at radius 3 is 1.55 bits per heavy atom. The molecule has 0 spiro atoms. The van der Waals surface area contributed by atoms with Gasteiger partial charge in [-0.25, -0.2) is 0 Å². The van der Waals surface area contributed by atoms with Crippen molar-refractivity contribution in [1.29, 1.82) is 0 Å². The summed E-state index contributed by atoms with van der Waals surface area (Å²) in [6.45, 7) is 0. The van der Waals surface area contributed by atoms with E-state index in [1.807, 2.05) is 0 Å². The van der Waals surface area contributed by atoms with Crippen molar-refractivity contribution in [2.75, 3.05) is 0 Å². The van der Waals surface area contributed by atoms with Gasteiger partial charge in [0, 0.05) is 32.8 Å². The van der Waals surface area contributed by atoms with E-state index in [1.54, 1.807) is 0 Å². The number of nitrogens with zero attached hydrogens (tertiary/aromatic N) is 1. The highest BCUT2D eigenvalue weighted by Gasteiger charge is 2.17. The van der Waals surface area contributed by atoms with Gasteiger partial charge in [0.15, 0.2) is 0 Å². The van der Waals surface area contributed by atoms with Crippen molar-refractivity contribution in [2.24, 2.45) is 0 Å². The van der Waals surface area contributed by atoms with Crippen molar-refractivity contribution in [3.8, 4) is 61.3 Å². The predicted molar refractivity (Wildman–Crippen MR) is 235 cm³/mol. The van der Waals surface area contributed by atoms with Gasteiger partial charge in [-0.1, -0.05) is 158 Å². The minimum atomic E-state index is 0.888. The molecule has 0 unspecified atom stereocenters. The summed E-state index contributed by atoms with van der Waals surface area (Å²) in [5.41, 5.74) is 16.9. The summed E-state index contributed by atoms with van der Waals surface area (Å²) in [6, 6.07) is 76.4. The fourth-order valence-corrected chi connectivity index (χ4v) is 8.44. The number of hydrogen-bond acceptors (Lipinski definition) is 1. The molecule has 262 valence electrons. The minimum Gasteiger partial charge on any atom is -0.455 e. The Bertz CT molecular complexity index is 3210. The summed E-state index contributed by atoms with van der Waals surface area (Å²) in [5, 5.41) is 4.72. The van der Waals surface area contributed by atoms with Crippen LogP contribution in [0, 0.1) is 0 Å². The molecule has 0 saturated carbocycles. The molecule has 11 rings (SSSR count). The van der Waals surface area contributed by atoms with Crippen molar-refractivity contribution in [3.63, 3.8) is 0 Å². The third kappa shape index (κ3) is 5.42. The lowest BCUT2D eigenvalue weighted by atomic mass is 9.91. The summed E-state index contributed by atoms with van der Waals surface area (Å²) in [6.07, 6.45) is 0. The number of rotatable bonds is 6. The highest BCUT2D eigenvalue weighted by atomic mass is 16.3. The molecule has 0 aliphatic rings. The molecule has 2 heteroatoms. The first kappa shape index (κ1) is 32.0. The Kier molecular flexibility index (Phi) is 7.53. The molecule has 0 aliphatic carbocycles. The van der Waals surface area contributed by atoms with Crippen LogP contribution in [0.1, 0.15) is 0 Å². The molecule has 0 saturated heterocycles. The molecule has 2 heterocycles. The van der Waals surface area contributed by atoms with E-state index >= 15 is 0 Å². The van der Waals surface area contributed by atoms with E-state index in [-0.39, 0.29) is 0 Å². The summed E-state index contributed by atoms with van der Waals surface area (Å²) < 4.78 is 9.13. The largest absolute Gasteiger partial charge is 0.455 e. The molecule has 0 N–H and O–H groups in total. The van der Waals surface area contributed by atoms with E-state index in [0.29, 0.717) is 0 Å². The van der Waals surface area contributed by atoms with E-state index in [4.69, 9.17) is 4.42 Å². The van der Waals surface area contributed by atoms with Gasteiger partial charge in [-0.3, -0.25) is 0 Å². The number of furan rings is 1. The van der Waals surface area contributed by atoms with E-state index < -0.39 is 0 Å². The molecular weight excluding hydrogens is 679 g/mol. The van der Waals surface area contributed by atoms with E-state index in [0.717, 1.165) is 61.0 Å². The van der Waals surface area contributed by atoms with Crippen molar-refractivity contribution in [1.82, 2.24) is 4.57 Å². The van der Waals surface area contributed by atoms with Crippen LogP contribution in [0.5, 0.6) is 0 Å². The fourth-order valence-electron chi connectivity index (χ4n) is 8.44. The highest BCUT2D eigenvalue weighted by molar-refractivity contribution is 6.12. The number of aromatic nitrogens is 1. The van der Waals surface area contributed by atoms with Gasteiger partial charge in [-0.05, 0) is 105 Å². The first-order valence-corrected chi connectivity index (χ1v) is 19.2. The second kappa shape index (κ2) is 13.2. The maximum Gasteiger partial charge on any atom is 0.143 e. The third-order valence-corrected chi connectivity index (χ3v) is 11.2. The molecular formula is C54H35NO. The van der Waals surface area contributed by atoms with Crippen LogP contribution in [-0.4, -0.2) is 4.57 Å². The Balaban J connectivity index is 1.11.